The highest BCUT2D eigenvalue weighted by Gasteiger charge is 2.09. The SMILES string of the molecule is NC(=O)/C=C(\c1ccc(Br)cc1)c1ccccc1Cl. The average molecular weight is 337 g/mol. The van der Waals surface area contributed by atoms with Crippen LogP contribution in [0.15, 0.2) is 59.1 Å². The predicted octanol–water partition coefficient (Wildman–Crippen LogP) is 4.02. The molecule has 2 nitrogen and oxygen atoms in total. The second-order valence-corrected chi connectivity index (χ2v) is 5.27. The molecule has 0 unspecified atom stereocenters. The van der Waals surface area contributed by atoms with Gasteiger partial charge in [-0.25, -0.2) is 0 Å². The fraction of sp³-hybridized carbons (Fsp3) is 0. The van der Waals surface area contributed by atoms with E-state index in [0.29, 0.717) is 10.6 Å². The topological polar surface area (TPSA) is 43.1 Å². The van der Waals surface area contributed by atoms with Crippen molar-refractivity contribution in [1.82, 2.24) is 0 Å². The van der Waals surface area contributed by atoms with Crippen LogP contribution in [0, 0.1) is 0 Å². The van der Waals surface area contributed by atoms with E-state index in [1.165, 1.54) is 6.08 Å². The zero-order chi connectivity index (χ0) is 13.8. The van der Waals surface area contributed by atoms with Gasteiger partial charge in [-0.1, -0.05) is 57.9 Å². The van der Waals surface area contributed by atoms with Crippen molar-refractivity contribution in [2.45, 2.75) is 0 Å². The number of amides is 1. The first kappa shape index (κ1) is 13.8. The molecule has 2 aromatic rings. The normalized spacial score (nSPS) is 11.4. The molecule has 0 spiro atoms. The Labute approximate surface area is 125 Å². The van der Waals surface area contributed by atoms with E-state index in [0.717, 1.165) is 15.6 Å². The van der Waals surface area contributed by atoms with Crippen LogP contribution in [0.25, 0.3) is 5.57 Å². The number of primary amides is 1. The zero-order valence-electron chi connectivity index (χ0n) is 9.94. The van der Waals surface area contributed by atoms with Crippen LogP contribution in [0.4, 0.5) is 0 Å². The minimum Gasteiger partial charge on any atom is -0.366 e. The summed E-state index contributed by atoms with van der Waals surface area (Å²) >= 11 is 9.56. The molecular formula is C15H11BrClNO. The van der Waals surface area contributed by atoms with Gasteiger partial charge >= 0.3 is 0 Å². The molecule has 0 saturated carbocycles. The van der Waals surface area contributed by atoms with E-state index in [-0.39, 0.29) is 0 Å². The van der Waals surface area contributed by atoms with Crippen molar-refractivity contribution < 1.29 is 4.79 Å². The van der Waals surface area contributed by atoms with Gasteiger partial charge in [0.25, 0.3) is 0 Å². The fourth-order valence-corrected chi connectivity index (χ4v) is 2.27. The van der Waals surface area contributed by atoms with E-state index in [1.54, 1.807) is 6.07 Å². The Morgan fingerprint density at radius 2 is 1.74 bits per heavy atom. The number of carbonyl (C=O) groups excluding carboxylic acids is 1. The lowest BCUT2D eigenvalue weighted by Gasteiger charge is -2.10. The van der Waals surface area contributed by atoms with Crippen LogP contribution in [-0.2, 0) is 4.79 Å². The highest BCUT2D eigenvalue weighted by Crippen LogP contribution is 2.29. The van der Waals surface area contributed by atoms with Crippen molar-refractivity contribution in [3.05, 3.63) is 75.2 Å². The Morgan fingerprint density at radius 3 is 2.32 bits per heavy atom. The Bertz CT molecular complexity index is 635. The molecule has 0 aliphatic rings. The van der Waals surface area contributed by atoms with Gasteiger partial charge in [0.2, 0.25) is 5.91 Å². The van der Waals surface area contributed by atoms with Crippen molar-refractivity contribution in [3.8, 4) is 0 Å². The quantitative estimate of drug-likeness (QED) is 0.845. The number of halogens is 2. The largest absolute Gasteiger partial charge is 0.366 e. The maximum atomic E-state index is 11.2. The third-order valence-electron chi connectivity index (χ3n) is 2.61. The Kier molecular flexibility index (Phi) is 4.40. The molecule has 0 aliphatic carbocycles. The van der Waals surface area contributed by atoms with Crippen LogP contribution < -0.4 is 5.73 Å². The van der Waals surface area contributed by atoms with Crippen molar-refractivity contribution in [2.24, 2.45) is 5.73 Å². The van der Waals surface area contributed by atoms with Crippen LogP contribution in [0.3, 0.4) is 0 Å². The summed E-state index contributed by atoms with van der Waals surface area (Å²) in [6.45, 7) is 0. The Balaban J connectivity index is 2.58. The standard InChI is InChI=1S/C15H11BrClNO/c16-11-7-5-10(6-8-11)13(9-15(18)19)12-3-1-2-4-14(12)17/h1-9H,(H2,18,19)/b13-9+. The molecule has 1 amide bonds. The van der Waals surface area contributed by atoms with Crippen LogP contribution in [-0.4, -0.2) is 5.91 Å². The van der Waals surface area contributed by atoms with Gasteiger partial charge in [-0.05, 0) is 29.3 Å². The number of carbonyl (C=O) groups is 1. The summed E-state index contributed by atoms with van der Waals surface area (Å²) < 4.78 is 0.967. The Morgan fingerprint density at radius 1 is 1.11 bits per heavy atom. The van der Waals surface area contributed by atoms with Crippen LogP contribution >= 0.6 is 27.5 Å². The molecule has 96 valence electrons. The zero-order valence-corrected chi connectivity index (χ0v) is 12.3. The summed E-state index contributed by atoms with van der Waals surface area (Å²) in [4.78, 5) is 11.2. The van der Waals surface area contributed by atoms with Gasteiger partial charge in [0.05, 0.1) is 0 Å². The second-order valence-electron chi connectivity index (χ2n) is 3.95. The van der Waals surface area contributed by atoms with E-state index in [2.05, 4.69) is 15.9 Å². The first-order valence-electron chi connectivity index (χ1n) is 5.60. The highest BCUT2D eigenvalue weighted by molar-refractivity contribution is 9.10. The lowest BCUT2D eigenvalue weighted by Crippen LogP contribution is -2.07. The minimum atomic E-state index is -0.502. The smallest absolute Gasteiger partial charge is 0.242 e. The lowest BCUT2D eigenvalue weighted by molar-refractivity contribution is -0.113. The number of hydrogen-bond acceptors (Lipinski definition) is 1. The molecule has 0 radical (unpaired) electrons. The van der Waals surface area contributed by atoms with Crippen molar-refractivity contribution in [3.63, 3.8) is 0 Å². The predicted molar refractivity (Wildman–Crippen MR) is 81.9 cm³/mol. The molecule has 2 aromatic carbocycles. The van der Waals surface area contributed by atoms with Gasteiger partial charge in [0.1, 0.15) is 0 Å². The average Bonchev–Trinajstić information content (AvgIpc) is 2.38. The molecule has 2 rings (SSSR count). The highest BCUT2D eigenvalue weighted by atomic mass is 79.9. The van der Waals surface area contributed by atoms with Gasteiger partial charge < -0.3 is 5.73 Å². The maximum Gasteiger partial charge on any atom is 0.242 e. The molecule has 0 aromatic heterocycles. The first-order chi connectivity index (χ1) is 9.08. The molecule has 0 heterocycles. The molecule has 0 bridgehead atoms. The van der Waals surface area contributed by atoms with Crippen molar-refractivity contribution >= 4 is 39.0 Å². The molecule has 19 heavy (non-hydrogen) atoms. The molecule has 0 atom stereocenters. The number of rotatable bonds is 3. The number of benzene rings is 2. The van der Waals surface area contributed by atoms with Gasteiger partial charge in [-0.3, -0.25) is 4.79 Å². The summed E-state index contributed by atoms with van der Waals surface area (Å²) in [7, 11) is 0. The van der Waals surface area contributed by atoms with Gasteiger partial charge in [-0.2, -0.15) is 0 Å². The molecule has 0 saturated heterocycles. The first-order valence-corrected chi connectivity index (χ1v) is 6.77. The molecule has 0 fully saturated rings. The van der Waals surface area contributed by atoms with E-state index < -0.39 is 5.91 Å². The Hall–Kier alpha value is -1.58. The monoisotopic (exact) mass is 335 g/mol. The molecule has 2 N–H and O–H groups in total. The number of hydrogen-bond donors (Lipinski definition) is 1. The molecule has 0 aliphatic heterocycles. The van der Waals surface area contributed by atoms with E-state index >= 15 is 0 Å². The van der Waals surface area contributed by atoms with Crippen molar-refractivity contribution in [2.75, 3.05) is 0 Å². The summed E-state index contributed by atoms with van der Waals surface area (Å²) in [6.07, 6.45) is 1.39. The third-order valence-corrected chi connectivity index (χ3v) is 3.46. The molecular weight excluding hydrogens is 326 g/mol. The van der Waals surface area contributed by atoms with E-state index in [1.807, 2.05) is 42.5 Å². The summed E-state index contributed by atoms with van der Waals surface area (Å²) in [5.74, 6) is -0.502. The third kappa shape index (κ3) is 3.46. The van der Waals surface area contributed by atoms with Crippen molar-refractivity contribution in [1.29, 1.82) is 0 Å². The summed E-state index contributed by atoms with van der Waals surface area (Å²) in [5, 5.41) is 0.581. The lowest BCUT2D eigenvalue weighted by atomic mass is 9.97. The summed E-state index contributed by atoms with van der Waals surface area (Å²) in [5.41, 5.74) is 7.66. The second kappa shape index (κ2) is 6.04. The maximum absolute atomic E-state index is 11.2. The minimum absolute atomic E-state index is 0.502. The van der Waals surface area contributed by atoms with Crippen LogP contribution in [0.2, 0.25) is 5.02 Å². The molecule has 4 heteroatoms. The van der Waals surface area contributed by atoms with Crippen LogP contribution in [0.5, 0.6) is 0 Å². The van der Waals surface area contributed by atoms with E-state index in [4.69, 9.17) is 17.3 Å². The van der Waals surface area contributed by atoms with Crippen LogP contribution in [0.1, 0.15) is 11.1 Å². The van der Waals surface area contributed by atoms with Gasteiger partial charge in [0.15, 0.2) is 0 Å². The summed E-state index contributed by atoms with van der Waals surface area (Å²) in [6, 6.07) is 15.0. The van der Waals surface area contributed by atoms with E-state index in [9.17, 15) is 4.79 Å². The van der Waals surface area contributed by atoms with Gasteiger partial charge in [0, 0.05) is 21.1 Å². The fourth-order valence-electron chi connectivity index (χ4n) is 1.77. The van der Waals surface area contributed by atoms with Gasteiger partial charge in [-0.15, -0.1) is 0 Å². The number of nitrogens with two attached hydrogens (primary N) is 1.